The highest BCUT2D eigenvalue weighted by molar-refractivity contribution is 5.66. The minimum Gasteiger partial charge on any atom is -0.481 e. The fourth-order valence-corrected chi connectivity index (χ4v) is 6.55. The molecule has 3 aliphatic rings. The molecular formula is C26H41N3O2. The Balaban J connectivity index is 1.42. The summed E-state index contributed by atoms with van der Waals surface area (Å²) in [7, 11) is 0. The molecule has 1 saturated heterocycles. The van der Waals surface area contributed by atoms with Gasteiger partial charge in [0.15, 0.2) is 0 Å². The number of fused-ring (bicyclic) bond motifs is 1. The molecular weight excluding hydrogens is 386 g/mol. The van der Waals surface area contributed by atoms with Crippen molar-refractivity contribution < 1.29 is 9.90 Å². The number of piperazine rings is 1. The smallest absolute Gasteiger partial charge is 0.304 e. The number of rotatable bonds is 5. The Hall–Kier alpha value is -1.62. The van der Waals surface area contributed by atoms with Gasteiger partial charge in [-0.05, 0) is 66.9 Å². The zero-order chi connectivity index (χ0) is 22.2. The number of hydrogen-bond acceptors (Lipinski definition) is 4. The van der Waals surface area contributed by atoms with E-state index in [2.05, 4.69) is 55.7 Å². The molecule has 1 aliphatic heterocycles. The monoisotopic (exact) mass is 427 g/mol. The van der Waals surface area contributed by atoms with Gasteiger partial charge in [0.25, 0.3) is 0 Å². The molecule has 5 nitrogen and oxygen atoms in total. The van der Waals surface area contributed by atoms with Gasteiger partial charge in [-0.1, -0.05) is 33.8 Å². The van der Waals surface area contributed by atoms with Crippen LogP contribution in [0.3, 0.4) is 0 Å². The van der Waals surface area contributed by atoms with E-state index in [-0.39, 0.29) is 6.42 Å². The first-order valence-corrected chi connectivity index (χ1v) is 12.3. The van der Waals surface area contributed by atoms with Crippen LogP contribution in [0.2, 0.25) is 0 Å². The van der Waals surface area contributed by atoms with E-state index in [4.69, 9.17) is 10.1 Å². The number of carboxylic acids is 1. The molecule has 1 aromatic heterocycles. The highest BCUT2D eigenvalue weighted by Gasteiger charge is 2.50. The minimum atomic E-state index is -0.712. The Morgan fingerprint density at radius 1 is 1.03 bits per heavy atom. The SMILES string of the molecule is CC1(C)CCC(C)(C)C2CC(c3cccc(N4CCN(CCC(=O)O)CC4)n3)CCC21. The lowest BCUT2D eigenvalue weighted by Gasteiger charge is -2.56. The number of carboxylic acid groups (broad SMARTS) is 1. The van der Waals surface area contributed by atoms with Gasteiger partial charge >= 0.3 is 5.97 Å². The standard InChI is InChI=1S/C26H41N3O2/c1-25(2)11-12-26(3,4)21-18-19(8-9-20(21)25)22-6-5-7-23(27-22)29-16-14-28(15-17-29)13-10-24(30)31/h5-7,19-21H,8-18H2,1-4H3,(H,30,31). The third kappa shape index (κ3) is 4.92. The van der Waals surface area contributed by atoms with Crippen LogP contribution in [-0.2, 0) is 4.79 Å². The summed E-state index contributed by atoms with van der Waals surface area (Å²) >= 11 is 0. The molecule has 3 unspecified atom stereocenters. The lowest BCUT2D eigenvalue weighted by Crippen LogP contribution is -2.47. The average molecular weight is 428 g/mol. The number of carbonyl (C=O) groups is 1. The van der Waals surface area contributed by atoms with Gasteiger partial charge in [-0.25, -0.2) is 4.98 Å². The van der Waals surface area contributed by atoms with Crippen LogP contribution in [0.5, 0.6) is 0 Å². The molecule has 3 atom stereocenters. The summed E-state index contributed by atoms with van der Waals surface area (Å²) in [5.74, 6) is 2.59. The van der Waals surface area contributed by atoms with Gasteiger partial charge in [0.05, 0.1) is 6.42 Å². The van der Waals surface area contributed by atoms with Gasteiger partial charge in [-0.15, -0.1) is 0 Å². The van der Waals surface area contributed by atoms with Crippen LogP contribution in [0.4, 0.5) is 5.82 Å². The van der Waals surface area contributed by atoms with Gasteiger partial charge in [-0.3, -0.25) is 9.69 Å². The normalized spacial score (nSPS) is 30.6. The van der Waals surface area contributed by atoms with E-state index in [0.717, 1.165) is 43.8 Å². The number of nitrogens with zero attached hydrogens (tertiary/aromatic N) is 3. The lowest BCUT2D eigenvalue weighted by atomic mass is 9.49. The Labute approximate surface area is 188 Å². The summed E-state index contributed by atoms with van der Waals surface area (Å²) in [6.45, 7) is 14.3. The summed E-state index contributed by atoms with van der Waals surface area (Å²) in [5.41, 5.74) is 2.19. The van der Waals surface area contributed by atoms with Crippen molar-refractivity contribution in [1.29, 1.82) is 0 Å². The summed E-state index contributed by atoms with van der Waals surface area (Å²) in [5, 5.41) is 8.91. The maximum atomic E-state index is 10.8. The first-order valence-electron chi connectivity index (χ1n) is 12.3. The van der Waals surface area contributed by atoms with E-state index < -0.39 is 5.97 Å². The second kappa shape index (κ2) is 8.73. The molecule has 31 heavy (non-hydrogen) atoms. The number of pyridine rings is 1. The Morgan fingerprint density at radius 2 is 1.71 bits per heavy atom. The van der Waals surface area contributed by atoms with E-state index in [9.17, 15) is 4.79 Å². The zero-order valence-electron chi connectivity index (χ0n) is 19.9. The molecule has 4 rings (SSSR count). The molecule has 1 aromatic rings. The maximum Gasteiger partial charge on any atom is 0.304 e. The average Bonchev–Trinajstić information content (AvgIpc) is 2.76. The molecule has 2 aliphatic carbocycles. The summed E-state index contributed by atoms with van der Waals surface area (Å²) in [6.07, 6.45) is 6.80. The van der Waals surface area contributed by atoms with E-state index in [1.807, 2.05) is 0 Å². The van der Waals surface area contributed by atoms with Crippen molar-refractivity contribution in [3.8, 4) is 0 Å². The van der Waals surface area contributed by atoms with Gasteiger partial charge in [0.2, 0.25) is 0 Å². The first kappa shape index (κ1) is 22.6. The molecule has 0 amide bonds. The van der Waals surface area contributed by atoms with Crippen molar-refractivity contribution in [3.63, 3.8) is 0 Å². The van der Waals surface area contributed by atoms with Crippen molar-refractivity contribution in [1.82, 2.24) is 9.88 Å². The molecule has 0 bridgehead atoms. The topological polar surface area (TPSA) is 56.7 Å². The van der Waals surface area contributed by atoms with Crippen molar-refractivity contribution >= 4 is 11.8 Å². The third-order valence-corrected chi connectivity index (χ3v) is 8.78. The van der Waals surface area contributed by atoms with E-state index in [1.165, 1.54) is 37.8 Å². The Bertz CT molecular complexity index is 783. The first-order chi connectivity index (χ1) is 14.7. The van der Waals surface area contributed by atoms with Crippen molar-refractivity contribution in [2.45, 2.75) is 72.1 Å². The minimum absolute atomic E-state index is 0.227. The predicted molar refractivity (Wildman–Crippen MR) is 126 cm³/mol. The van der Waals surface area contributed by atoms with Crippen LogP contribution < -0.4 is 4.90 Å². The molecule has 172 valence electrons. The third-order valence-electron chi connectivity index (χ3n) is 8.78. The van der Waals surface area contributed by atoms with Crippen molar-refractivity contribution in [2.75, 3.05) is 37.6 Å². The quantitative estimate of drug-likeness (QED) is 0.715. The van der Waals surface area contributed by atoms with Crippen LogP contribution in [0.15, 0.2) is 18.2 Å². The molecule has 2 heterocycles. The van der Waals surface area contributed by atoms with Gasteiger partial charge in [0, 0.05) is 44.3 Å². The molecule has 0 aromatic carbocycles. The largest absolute Gasteiger partial charge is 0.481 e. The summed E-state index contributed by atoms with van der Waals surface area (Å²) in [6, 6.07) is 6.59. The molecule has 1 N–H and O–H groups in total. The highest BCUT2D eigenvalue weighted by atomic mass is 16.4. The van der Waals surface area contributed by atoms with Crippen LogP contribution >= 0.6 is 0 Å². The lowest BCUT2D eigenvalue weighted by molar-refractivity contribution is -0.137. The molecule has 5 heteroatoms. The molecule has 0 radical (unpaired) electrons. The van der Waals surface area contributed by atoms with Crippen LogP contribution in [-0.4, -0.2) is 53.7 Å². The number of aromatic nitrogens is 1. The number of anilines is 1. The van der Waals surface area contributed by atoms with Gasteiger partial charge in [0.1, 0.15) is 5.82 Å². The fraction of sp³-hybridized carbons (Fsp3) is 0.769. The van der Waals surface area contributed by atoms with Crippen LogP contribution in [0.1, 0.15) is 77.8 Å². The number of hydrogen-bond donors (Lipinski definition) is 1. The van der Waals surface area contributed by atoms with Crippen molar-refractivity contribution in [3.05, 3.63) is 23.9 Å². The van der Waals surface area contributed by atoms with Crippen LogP contribution in [0.25, 0.3) is 0 Å². The second-order valence-electron chi connectivity index (χ2n) is 11.6. The van der Waals surface area contributed by atoms with E-state index in [0.29, 0.717) is 23.3 Å². The Kier molecular flexibility index (Phi) is 6.35. The maximum absolute atomic E-state index is 10.8. The predicted octanol–water partition coefficient (Wildman–Crippen LogP) is 5.02. The second-order valence-corrected chi connectivity index (χ2v) is 11.6. The highest BCUT2D eigenvalue weighted by Crippen LogP contribution is 2.59. The van der Waals surface area contributed by atoms with Gasteiger partial charge < -0.3 is 10.0 Å². The fourth-order valence-electron chi connectivity index (χ4n) is 6.55. The Morgan fingerprint density at radius 3 is 2.39 bits per heavy atom. The van der Waals surface area contributed by atoms with Crippen LogP contribution in [0, 0.1) is 22.7 Å². The molecule has 2 saturated carbocycles. The summed E-state index contributed by atoms with van der Waals surface area (Å²) < 4.78 is 0. The summed E-state index contributed by atoms with van der Waals surface area (Å²) in [4.78, 5) is 20.6. The molecule has 3 fully saturated rings. The van der Waals surface area contributed by atoms with E-state index >= 15 is 0 Å². The number of aliphatic carboxylic acids is 1. The molecule has 0 spiro atoms. The van der Waals surface area contributed by atoms with E-state index in [1.54, 1.807) is 0 Å². The van der Waals surface area contributed by atoms with Gasteiger partial charge in [-0.2, -0.15) is 0 Å². The van der Waals surface area contributed by atoms with Crippen molar-refractivity contribution in [2.24, 2.45) is 22.7 Å². The zero-order valence-corrected chi connectivity index (χ0v) is 19.9.